The Balaban J connectivity index is 1.49. The standard InChI is InChI=1S/C19H18N2O/c22-19(20-17-3-1-4-17)16-8-7-14-9-11-21(18-5-2-6-18)12-10-15(14)13-16/h1-8,13H,9-12H2,(H,20,22). The zero-order valence-electron chi connectivity index (χ0n) is 12.4. The molecule has 1 N–H and O–H groups in total. The van der Waals surface area contributed by atoms with E-state index >= 15 is 0 Å². The van der Waals surface area contributed by atoms with Gasteiger partial charge in [-0.25, -0.2) is 0 Å². The van der Waals surface area contributed by atoms with Gasteiger partial charge in [-0.2, -0.15) is 0 Å². The first-order valence-electron chi connectivity index (χ1n) is 7.74. The monoisotopic (exact) mass is 290 g/mol. The van der Waals surface area contributed by atoms with Gasteiger partial charge in [0.15, 0.2) is 0 Å². The van der Waals surface area contributed by atoms with Crippen LogP contribution in [0, 0.1) is 0 Å². The Morgan fingerprint density at radius 1 is 1.00 bits per heavy atom. The van der Waals surface area contributed by atoms with Crippen LogP contribution in [-0.2, 0) is 12.8 Å². The van der Waals surface area contributed by atoms with E-state index in [2.05, 4.69) is 40.6 Å². The predicted molar refractivity (Wildman–Crippen MR) is 87.3 cm³/mol. The second-order valence-electron chi connectivity index (χ2n) is 5.86. The van der Waals surface area contributed by atoms with E-state index in [0.717, 1.165) is 37.2 Å². The topological polar surface area (TPSA) is 32.3 Å². The Kier molecular flexibility index (Phi) is 3.19. The summed E-state index contributed by atoms with van der Waals surface area (Å²) in [5, 5.41) is 2.91. The molecule has 1 aromatic carbocycles. The smallest absolute Gasteiger partial charge is 0.255 e. The molecule has 1 aliphatic heterocycles. The van der Waals surface area contributed by atoms with Gasteiger partial charge in [0.1, 0.15) is 0 Å². The average molecular weight is 290 g/mol. The van der Waals surface area contributed by atoms with Crippen LogP contribution >= 0.6 is 0 Å². The van der Waals surface area contributed by atoms with Crippen molar-refractivity contribution < 1.29 is 4.79 Å². The molecule has 4 rings (SSSR count). The molecule has 0 radical (unpaired) electrons. The van der Waals surface area contributed by atoms with Gasteiger partial charge in [-0.05, 0) is 60.4 Å². The van der Waals surface area contributed by atoms with Gasteiger partial charge in [0.05, 0.1) is 0 Å². The van der Waals surface area contributed by atoms with Crippen molar-refractivity contribution >= 4 is 5.91 Å². The number of carbonyl (C=O) groups excluding carboxylic acids is 1. The van der Waals surface area contributed by atoms with Gasteiger partial charge in [-0.3, -0.25) is 4.79 Å². The molecule has 3 aliphatic rings. The summed E-state index contributed by atoms with van der Waals surface area (Å²) in [4.78, 5) is 14.7. The maximum absolute atomic E-state index is 12.2. The van der Waals surface area contributed by atoms with E-state index < -0.39 is 0 Å². The lowest BCUT2D eigenvalue weighted by Gasteiger charge is -2.26. The second kappa shape index (κ2) is 5.34. The first-order chi connectivity index (χ1) is 10.8. The van der Waals surface area contributed by atoms with Gasteiger partial charge < -0.3 is 10.2 Å². The number of amides is 1. The highest BCUT2D eigenvalue weighted by atomic mass is 16.1. The van der Waals surface area contributed by atoms with Crippen molar-refractivity contribution in [3.8, 4) is 0 Å². The average Bonchev–Trinajstić information content (AvgIpc) is 2.63. The largest absolute Gasteiger partial charge is 0.371 e. The quantitative estimate of drug-likeness (QED) is 0.928. The molecule has 0 atom stereocenters. The molecule has 22 heavy (non-hydrogen) atoms. The van der Waals surface area contributed by atoms with Crippen LogP contribution in [0.3, 0.4) is 0 Å². The Morgan fingerprint density at radius 3 is 2.36 bits per heavy atom. The minimum atomic E-state index is -0.0239. The van der Waals surface area contributed by atoms with Gasteiger partial charge in [0.2, 0.25) is 0 Å². The van der Waals surface area contributed by atoms with Gasteiger partial charge in [-0.1, -0.05) is 18.2 Å². The summed E-state index contributed by atoms with van der Waals surface area (Å²) in [5.41, 5.74) is 5.63. The molecular formula is C19H18N2O. The van der Waals surface area contributed by atoms with Crippen LogP contribution in [0.5, 0.6) is 0 Å². The van der Waals surface area contributed by atoms with Crippen LogP contribution in [0.25, 0.3) is 0 Å². The molecule has 0 unspecified atom stereocenters. The highest BCUT2D eigenvalue weighted by molar-refractivity contribution is 5.96. The number of fused-ring (bicyclic) bond motifs is 1. The van der Waals surface area contributed by atoms with Gasteiger partial charge in [0, 0.05) is 30.0 Å². The van der Waals surface area contributed by atoms with E-state index in [1.807, 2.05) is 24.3 Å². The molecule has 0 bridgehead atoms. The van der Waals surface area contributed by atoms with Crippen molar-refractivity contribution in [3.05, 3.63) is 82.7 Å². The highest BCUT2D eigenvalue weighted by Crippen LogP contribution is 2.22. The second-order valence-corrected chi connectivity index (χ2v) is 5.86. The van der Waals surface area contributed by atoms with Gasteiger partial charge >= 0.3 is 0 Å². The fraction of sp³-hybridized carbons (Fsp3) is 0.211. The molecule has 1 aromatic rings. The Labute approximate surface area is 130 Å². The number of hydrogen-bond acceptors (Lipinski definition) is 2. The molecule has 0 aromatic heterocycles. The zero-order chi connectivity index (χ0) is 14.9. The first kappa shape index (κ1) is 13.1. The molecule has 3 heteroatoms. The van der Waals surface area contributed by atoms with E-state index in [9.17, 15) is 4.79 Å². The molecule has 1 amide bonds. The third kappa shape index (κ3) is 2.39. The van der Waals surface area contributed by atoms with Crippen molar-refractivity contribution in [2.24, 2.45) is 0 Å². The van der Waals surface area contributed by atoms with Gasteiger partial charge in [0.25, 0.3) is 5.91 Å². The number of benzene rings is 1. The molecule has 110 valence electrons. The fourth-order valence-electron chi connectivity index (χ4n) is 3.00. The lowest BCUT2D eigenvalue weighted by molar-refractivity contribution is 0.0966. The summed E-state index contributed by atoms with van der Waals surface area (Å²) >= 11 is 0. The van der Waals surface area contributed by atoms with Crippen LogP contribution in [0.1, 0.15) is 21.5 Å². The SMILES string of the molecule is O=C(NC1=CC=C1)c1ccc2c(c1)CCN(C1=CC=C1)CC2. The molecule has 0 saturated carbocycles. The number of hydrogen-bond donors (Lipinski definition) is 1. The van der Waals surface area contributed by atoms with E-state index in [0.29, 0.717) is 0 Å². The summed E-state index contributed by atoms with van der Waals surface area (Å²) in [6, 6.07) is 6.11. The normalized spacial score (nSPS) is 18.5. The lowest BCUT2D eigenvalue weighted by atomic mass is 9.99. The summed E-state index contributed by atoms with van der Waals surface area (Å²) in [7, 11) is 0. The number of rotatable bonds is 3. The molecule has 0 spiro atoms. The van der Waals surface area contributed by atoms with Crippen LogP contribution in [0.2, 0.25) is 0 Å². The van der Waals surface area contributed by atoms with E-state index in [1.165, 1.54) is 16.8 Å². The minimum Gasteiger partial charge on any atom is -0.371 e. The fourth-order valence-corrected chi connectivity index (χ4v) is 3.00. The van der Waals surface area contributed by atoms with Crippen molar-refractivity contribution in [3.63, 3.8) is 0 Å². The number of allylic oxidation sites excluding steroid dienone is 6. The molecular weight excluding hydrogens is 272 g/mol. The summed E-state index contributed by atoms with van der Waals surface area (Å²) in [6.45, 7) is 2.06. The van der Waals surface area contributed by atoms with Crippen LogP contribution in [0.15, 0.2) is 66.0 Å². The van der Waals surface area contributed by atoms with Crippen LogP contribution < -0.4 is 5.32 Å². The first-order valence-corrected chi connectivity index (χ1v) is 7.74. The van der Waals surface area contributed by atoms with Gasteiger partial charge in [-0.15, -0.1) is 0 Å². The maximum atomic E-state index is 12.2. The molecule has 2 aliphatic carbocycles. The third-order valence-electron chi connectivity index (χ3n) is 4.48. The molecule has 0 saturated heterocycles. The summed E-state index contributed by atoms with van der Waals surface area (Å²) in [5.74, 6) is -0.0239. The molecule has 0 fully saturated rings. The third-order valence-corrected chi connectivity index (χ3v) is 4.48. The van der Waals surface area contributed by atoms with Crippen LogP contribution in [-0.4, -0.2) is 23.9 Å². The van der Waals surface area contributed by atoms with Crippen molar-refractivity contribution in [2.45, 2.75) is 12.8 Å². The zero-order valence-corrected chi connectivity index (χ0v) is 12.4. The van der Waals surface area contributed by atoms with Crippen molar-refractivity contribution in [1.29, 1.82) is 0 Å². The summed E-state index contributed by atoms with van der Waals surface area (Å²) in [6.07, 6.45) is 14.2. The molecule has 1 heterocycles. The van der Waals surface area contributed by atoms with E-state index in [4.69, 9.17) is 0 Å². The number of carbonyl (C=O) groups is 1. The van der Waals surface area contributed by atoms with Crippen molar-refractivity contribution in [2.75, 3.05) is 13.1 Å². The maximum Gasteiger partial charge on any atom is 0.255 e. The minimum absolute atomic E-state index is 0.0239. The highest BCUT2D eigenvalue weighted by Gasteiger charge is 2.18. The number of nitrogens with one attached hydrogen (secondary N) is 1. The Bertz CT molecular complexity index is 753. The van der Waals surface area contributed by atoms with E-state index in [1.54, 1.807) is 0 Å². The van der Waals surface area contributed by atoms with Crippen molar-refractivity contribution in [1.82, 2.24) is 10.2 Å². The number of nitrogens with zero attached hydrogens (tertiary/aromatic N) is 1. The Hall–Kier alpha value is -2.55. The lowest BCUT2D eigenvalue weighted by Crippen LogP contribution is -2.26. The van der Waals surface area contributed by atoms with E-state index in [-0.39, 0.29) is 5.91 Å². The predicted octanol–water partition coefficient (Wildman–Crippen LogP) is 2.72. The summed E-state index contributed by atoms with van der Waals surface area (Å²) < 4.78 is 0. The molecule has 3 nitrogen and oxygen atoms in total. The Morgan fingerprint density at radius 2 is 1.73 bits per heavy atom. The van der Waals surface area contributed by atoms with Crippen LogP contribution in [0.4, 0.5) is 0 Å².